The van der Waals surface area contributed by atoms with Crippen LogP contribution in [0.2, 0.25) is 0 Å². The van der Waals surface area contributed by atoms with Gasteiger partial charge in [-0.3, -0.25) is 4.79 Å². The number of carbonyl (C=O) groups is 1. The second kappa shape index (κ2) is 4.74. The highest BCUT2D eigenvalue weighted by atomic mass is 16.5. The third-order valence-corrected chi connectivity index (χ3v) is 2.96. The molecule has 1 aliphatic rings. The highest BCUT2D eigenvalue weighted by molar-refractivity contribution is 5.94. The van der Waals surface area contributed by atoms with Crippen LogP contribution in [0.4, 0.5) is 0 Å². The standard InChI is InChI=1S/C13H20N2O3/c1-9-6-15(8-13(2,3)18-9)12(16)10-4-11(5-14)17-7-10/h4,7,9H,5-6,8,14H2,1-3H3. The summed E-state index contributed by atoms with van der Waals surface area (Å²) in [4.78, 5) is 14.1. The number of furan rings is 1. The Morgan fingerprint density at radius 1 is 1.61 bits per heavy atom. The van der Waals surface area contributed by atoms with Crippen LogP contribution < -0.4 is 5.73 Å². The van der Waals surface area contributed by atoms with Crippen molar-refractivity contribution in [1.29, 1.82) is 0 Å². The third kappa shape index (κ3) is 2.73. The molecule has 0 bridgehead atoms. The minimum absolute atomic E-state index is 0.0262. The van der Waals surface area contributed by atoms with Crippen molar-refractivity contribution in [2.45, 2.75) is 39.0 Å². The average molecular weight is 252 g/mol. The summed E-state index contributed by atoms with van der Waals surface area (Å²) < 4.78 is 11.0. The fourth-order valence-electron chi connectivity index (χ4n) is 2.39. The van der Waals surface area contributed by atoms with Crippen molar-refractivity contribution >= 4 is 5.91 Å². The summed E-state index contributed by atoms with van der Waals surface area (Å²) >= 11 is 0. The van der Waals surface area contributed by atoms with Crippen molar-refractivity contribution in [2.24, 2.45) is 5.73 Å². The Hall–Kier alpha value is -1.33. The van der Waals surface area contributed by atoms with Gasteiger partial charge in [-0.1, -0.05) is 0 Å². The summed E-state index contributed by atoms with van der Waals surface area (Å²) in [5.74, 6) is 0.598. The van der Waals surface area contributed by atoms with Gasteiger partial charge in [0.2, 0.25) is 0 Å². The van der Waals surface area contributed by atoms with Crippen molar-refractivity contribution in [2.75, 3.05) is 13.1 Å². The Kier molecular flexibility index (Phi) is 3.45. The Balaban J connectivity index is 2.13. The van der Waals surface area contributed by atoms with Crippen LogP contribution in [0.15, 0.2) is 16.7 Å². The molecular weight excluding hydrogens is 232 g/mol. The van der Waals surface area contributed by atoms with Crippen LogP contribution in [0.25, 0.3) is 0 Å². The van der Waals surface area contributed by atoms with Crippen LogP contribution in [-0.4, -0.2) is 35.6 Å². The molecule has 1 fully saturated rings. The lowest BCUT2D eigenvalue weighted by Gasteiger charge is -2.41. The van der Waals surface area contributed by atoms with E-state index in [0.717, 1.165) is 0 Å². The number of nitrogens with zero attached hydrogens (tertiary/aromatic N) is 1. The highest BCUT2D eigenvalue weighted by Crippen LogP contribution is 2.22. The van der Waals surface area contributed by atoms with E-state index in [1.807, 2.05) is 20.8 Å². The summed E-state index contributed by atoms with van der Waals surface area (Å²) in [5.41, 5.74) is 5.71. The predicted molar refractivity (Wildman–Crippen MR) is 67.1 cm³/mol. The molecule has 5 nitrogen and oxygen atoms in total. The zero-order valence-corrected chi connectivity index (χ0v) is 11.1. The van der Waals surface area contributed by atoms with Gasteiger partial charge in [0, 0.05) is 13.1 Å². The van der Waals surface area contributed by atoms with Crippen molar-refractivity contribution < 1.29 is 13.9 Å². The van der Waals surface area contributed by atoms with Gasteiger partial charge in [-0.2, -0.15) is 0 Å². The second-order valence-corrected chi connectivity index (χ2v) is 5.38. The fraction of sp³-hybridized carbons (Fsp3) is 0.615. The Morgan fingerprint density at radius 2 is 2.33 bits per heavy atom. The largest absolute Gasteiger partial charge is 0.467 e. The minimum atomic E-state index is -0.312. The van der Waals surface area contributed by atoms with E-state index < -0.39 is 0 Å². The van der Waals surface area contributed by atoms with Gasteiger partial charge in [-0.25, -0.2) is 0 Å². The zero-order valence-electron chi connectivity index (χ0n) is 11.1. The van der Waals surface area contributed by atoms with E-state index in [9.17, 15) is 4.79 Å². The van der Waals surface area contributed by atoms with Gasteiger partial charge in [-0.05, 0) is 26.8 Å². The number of hydrogen-bond donors (Lipinski definition) is 1. The summed E-state index contributed by atoms with van der Waals surface area (Å²) in [6, 6.07) is 1.70. The molecule has 2 N–H and O–H groups in total. The smallest absolute Gasteiger partial charge is 0.257 e. The maximum absolute atomic E-state index is 12.3. The molecule has 5 heteroatoms. The maximum atomic E-state index is 12.3. The quantitative estimate of drug-likeness (QED) is 0.863. The number of rotatable bonds is 2. The first-order chi connectivity index (χ1) is 8.41. The first kappa shape index (κ1) is 13.1. The Morgan fingerprint density at radius 3 is 2.89 bits per heavy atom. The monoisotopic (exact) mass is 252 g/mol. The number of carbonyl (C=O) groups excluding carboxylic acids is 1. The van der Waals surface area contributed by atoms with E-state index >= 15 is 0 Å². The third-order valence-electron chi connectivity index (χ3n) is 2.96. The molecule has 2 rings (SSSR count). The van der Waals surface area contributed by atoms with Gasteiger partial charge < -0.3 is 19.8 Å². The van der Waals surface area contributed by atoms with E-state index in [4.69, 9.17) is 14.9 Å². The summed E-state index contributed by atoms with van der Waals surface area (Å²) in [5, 5.41) is 0. The van der Waals surface area contributed by atoms with E-state index in [2.05, 4.69) is 0 Å². The Bertz CT molecular complexity index is 439. The normalized spacial score (nSPS) is 23.1. The molecule has 1 saturated heterocycles. The molecular formula is C13H20N2O3. The molecule has 1 aromatic heterocycles. The van der Waals surface area contributed by atoms with E-state index in [1.165, 1.54) is 6.26 Å². The SMILES string of the molecule is CC1CN(C(=O)c2coc(CN)c2)CC(C)(C)O1. The van der Waals surface area contributed by atoms with Crippen molar-refractivity contribution in [3.8, 4) is 0 Å². The zero-order chi connectivity index (χ0) is 13.3. The number of ether oxygens (including phenoxy) is 1. The number of nitrogens with two attached hydrogens (primary N) is 1. The molecule has 0 aliphatic carbocycles. The average Bonchev–Trinajstić information content (AvgIpc) is 2.73. The van der Waals surface area contributed by atoms with E-state index in [1.54, 1.807) is 11.0 Å². The van der Waals surface area contributed by atoms with Gasteiger partial charge in [0.15, 0.2) is 0 Å². The van der Waals surface area contributed by atoms with Crippen LogP contribution >= 0.6 is 0 Å². The van der Waals surface area contributed by atoms with E-state index in [-0.39, 0.29) is 17.6 Å². The molecule has 100 valence electrons. The molecule has 0 radical (unpaired) electrons. The summed E-state index contributed by atoms with van der Waals surface area (Å²) in [6.45, 7) is 7.44. The van der Waals surface area contributed by atoms with Crippen LogP contribution in [-0.2, 0) is 11.3 Å². The maximum Gasteiger partial charge on any atom is 0.257 e. The van der Waals surface area contributed by atoms with Crippen molar-refractivity contribution in [3.05, 3.63) is 23.7 Å². The second-order valence-electron chi connectivity index (χ2n) is 5.38. The summed E-state index contributed by atoms with van der Waals surface area (Å²) in [7, 11) is 0. The first-order valence-corrected chi connectivity index (χ1v) is 6.16. The number of amides is 1. The molecule has 2 heterocycles. The predicted octanol–water partition coefficient (Wildman–Crippen LogP) is 1.38. The van der Waals surface area contributed by atoms with Gasteiger partial charge >= 0.3 is 0 Å². The number of morpholine rings is 1. The number of hydrogen-bond acceptors (Lipinski definition) is 4. The molecule has 1 atom stereocenters. The van der Waals surface area contributed by atoms with Gasteiger partial charge in [0.05, 0.1) is 23.8 Å². The lowest BCUT2D eigenvalue weighted by Crippen LogP contribution is -2.53. The van der Waals surface area contributed by atoms with Crippen LogP contribution in [0, 0.1) is 0 Å². The summed E-state index contributed by atoms with van der Waals surface area (Å²) in [6.07, 6.45) is 1.51. The van der Waals surface area contributed by atoms with Crippen molar-refractivity contribution in [3.63, 3.8) is 0 Å². The van der Waals surface area contributed by atoms with Crippen LogP contribution in [0.3, 0.4) is 0 Å². The molecule has 1 aliphatic heterocycles. The van der Waals surface area contributed by atoms with Crippen LogP contribution in [0.1, 0.15) is 36.9 Å². The molecule has 1 aromatic rings. The van der Waals surface area contributed by atoms with Crippen LogP contribution in [0.5, 0.6) is 0 Å². The van der Waals surface area contributed by atoms with Gasteiger partial charge in [-0.15, -0.1) is 0 Å². The van der Waals surface area contributed by atoms with Gasteiger partial charge in [0.1, 0.15) is 12.0 Å². The molecule has 18 heavy (non-hydrogen) atoms. The highest BCUT2D eigenvalue weighted by Gasteiger charge is 2.34. The topological polar surface area (TPSA) is 68.7 Å². The molecule has 1 unspecified atom stereocenters. The molecule has 0 spiro atoms. The van der Waals surface area contributed by atoms with E-state index in [0.29, 0.717) is 31.0 Å². The fourth-order valence-corrected chi connectivity index (χ4v) is 2.39. The Labute approximate surface area is 107 Å². The minimum Gasteiger partial charge on any atom is -0.467 e. The first-order valence-electron chi connectivity index (χ1n) is 6.16. The molecule has 0 saturated carbocycles. The van der Waals surface area contributed by atoms with Crippen molar-refractivity contribution in [1.82, 2.24) is 4.90 Å². The lowest BCUT2D eigenvalue weighted by molar-refractivity contribution is -0.118. The lowest BCUT2D eigenvalue weighted by atomic mass is 10.0. The molecule has 1 amide bonds. The molecule has 0 aromatic carbocycles. The van der Waals surface area contributed by atoms with Gasteiger partial charge in [0.25, 0.3) is 5.91 Å².